The van der Waals surface area contributed by atoms with Crippen LogP contribution in [0, 0.1) is 5.53 Å². The van der Waals surface area contributed by atoms with Crippen molar-refractivity contribution >= 4 is 5.69 Å². The van der Waals surface area contributed by atoms with Crippen LogP contribution in [0.2, 0.25) is 0 Å². The maximum absolute atomic E-state index is 6.79. The Bertz CT molecular complexity index is 282. The van der Waals surface area contributed by atoms with Crippen LogP contribution in [0.15, 0.2) is 29.4 Å². The average Bonchev–Trinajstić information content (AvgIpc) is 2.18. The van der Waals surface area contributed by atoms with E-state index < -0.39 is 0 Å². The molecule has 1 N–H and O–H groups in total. The molecule has 0 fully saturated rings. The lowest BCUT2D eigenvalue weighted by atomic mass is 10.3. The number of ether oxygens (including phenoxy) is 1. The van der Waals surface area contributed by atoms with Crippen LogP contribution in [0.1, 0.15) is 0 Å². The number of nitrogens with one attached hydrogen (secondary N) is 1. The highest BCUT2D eigenvalue weighted by Crippen LogP contribution is 2.17. The second-order valence-corrected chi connectivity index (χ2v) is 3.26. The minimum absolute atomic E-state index is 0.643. The van der Waals surface area contributed by atoms with Crippen LogP contribution < -0.4 is 4.74 Å². The van der Waals surface area contributed by atoms with Crippen LogP contribution in [-0.2, 0) is 0 Å². The van der Waals surface area contributed by atoms with Crippen molar-refractivity contribution in [3.05, 3.63) is 24.3 Å². The molecule has 1 aromatic carbocycles. The normalized spacial score (nSPS) is 10.2. The van der Waals surface area contributed by atoms with Crippen LogP contribution in [-0.4, -0.2) is 32.1 Å². The van der Waals surface area contributed by atoms with E-state index in [-0.39, 0.29) is 0 Å². The molecule has 0 saturated heterocycles. The molecule has 0 radical (unpaired) electrons. The maximum Gasteiger partial charge on any atom is 0.119 e. The van der Waals surface area contributed by atoms with Gasteiger partial charge in [-0.25, -0.2) is 5.53 Å². The molecule has 0 aliphatic heterocycles. The van der Waals surface area contributed by atoms with Crippen molar-refractivity contribution in [2.45, 2.75) is 0 Å². The second kappa shape index (κ2) is 5.34. The van der Waals surface area contributed by atoms with Crippen molar-refractivity contribution in [3.8, 4) is 5.75 Å². The number of hydrogen-bond acceptors (Lipinski definition) is 4. The molecule has 4 heteroatoms. The quantitative estimate of drug-likeness (QED) is 0.729. The van der Waals surface area contributed by atoms with Crippen molar-refractivity contribution in [2.75, 3.05) is 27.2 Å². The smallest absolute Gasteiger partial charge is 0.119 e. The molecule has 0 amide bonds. The molecule has 0 saturated carbocycles. The Morgan fingerprint density at radius 1 is 1.29 bits per heavy atom. The lowest BCUT2D eigenvalue weighted by Gasteiger charge is -2.10. The van der Waals surface area contributed by atoms with Crippen LogP contribution in [0.3, 0.4) is 0 Å². The molecule has 0 spiro atoms. The van der Waals surface area contributed by atoms with Crippen LogP contribution in [0.4, 0.5) is 5.69 Å². The SMILES string of the molecule is CN(C)CCOc1ccc(N=N)cc1. The maximum atomic E-state index is 6.79. The summed E-state index contributed by atoms with van der Waals surface area (Å²) in [5, 5.41) is 3.31. The minimum atomic E-state index is 0.643. The first-order valence-corrected chi connectivity index (χ1v) is 4.47. The highest BCUT2D eigenvalue weighted by Gasteiger charge is 1.94. The van der Waals surface area contributed by atoms with Gasteiger partial charge < -0.3 is 9.64 Å². The van der Waals surface area contributed by atoms with Gasteiger partial charge in [0.1, 0.15) is 12.4 Å². The lowest BCUT2D eigenvalue weighted by Crippen LogP contribution is -2.19. The molecule has 0 aromatic heterocycles. The predicted molar refractivity (Wildman–Crippen MR) is 55.3 cm³/mol. The third kappa shape index (κ3) is 3.53. The first-order chi connectivity index (χ1) is 6.72. The Balaban J connectivity index is 2.40. The molecule has 14 heavy (non-hydrogen) atoms. The summed E-state index contributed by atoms with van der Waals surface area (Å²) in [6, 6.07) is 7.17. The molecular weight excluding hydrogens is 178 g/mol. The molecule has 1 rings (SSSR count). The van der Waals surface area contributed by atoms with Gasteiger partial charge in [-0.15, -0.1) is 0 Å². The topological polar surface area (TPSA) is 48.7 Å². The van der Waals surface area contributed by atoms with E-state index in [1.165, 1.54) is 0 Å². The summed E-state index contributed by atoms with van der Waals surface area (Å²) in [6.45, 7) is 1.56. The van der Waals surface area contributed by atoms with E-state index in [0.717, 1.165) is 12.3 Å². The number of hydrogen-bond donors (Lipinski definition) is 1. The van der Waals surface area contributed by atoms with Gasteiger partial charge in [-0.2, -0.15) is 5.11 Å². The van der Waals surface area contributed by atoms with E-state index in [2.05, 4.69) is 10.0 Å². The molecule has 0 bridgehead atoms. The van der Waals surface area contributed by atoms with E-state index >= 15 is 0 Å². The van der Waals surface area contributed by atoms with Crippen molar-refractivity contribution in [1.82, 2.24) is 4.90 Å². The summed E-state index contributed by atoms with van der Waals surface area (Å²) >= 11 is 0. The summed E-state index contributed by atoms with van der Waals surface area (Å²) in [5.74, 6) is 0.819. The fraction of sp³-hybridized carbons (Fsp3) is 0.400. The average molecular weight is 193 g/mol. The summed E-state index contributed by atoms with van der Waals surface area (Å²) in [4.78, 5) is 2.06. The van der Waals surface area contributed by atoms with Crippen molar-refractivity contribution < 1.29 is 4.74 Å². The van der Waals surface area contributed by atoms with Gasteiger partial charge in [0.25, 0.3) is 0 Å². The zero-order chi connectivity index (χ0) is 10.4. The van der Waals surface area contributed by atoms with Crippen LogP contribution in [0.5, 0.6) is 5.75 Å². The largest absolute Gasteiger partial charge is 0.492 e. The Kier molecular flexibility index (Phi) is 4.07. The Morgan fingerprint density at radius 3 is 2.43 bits per heavy atom. The zero-order valence-electron chi connectivity index (χ0n) is 8.53. The monoisotopic (exact) mass is 193 g/mol. The van der Waals surface area contributed by atoms with Crippen LogP contribution >= 0.6 is 0 Å². The van der Waals surface area contributed by atoms with Crippen LogP contribution in [0.25, 0.3) is 0 Å². The van der Waals surface area contributed by atoms with E-state index in [4.69, 9.17) is 10.3 Å². The van der Waals surface area contributed by atoms with Gasteiger partial charge >= 0.3 is 0 Å². The summed E-state index contributed by atoms with van der Waals surface area (Å²) in [5.41, 5.74) is 7.43. The van der Waals surface area contributed by atoms with Crippen molar-refractivity contribution in [3.63, 3.8) is 0 Å². The Morgan fingerprint density at radius 2 is 1.93 bits per heavy atom. The van der Waals surface area contributed by atoms with E-state index in [0.29, 0.717) is 12.3 Å². The first kappa shape index (κ1) is 10.7. The summed E-state index contributed by atoms with van der Waals surface area (Å²) < 4.78 is 5.47. The molecule has 0 heterocycles. The van der Waals surface area contributed by atoms with E-state index in [1.54, 1.807) is 12.1 Å². The molecule has 0 atom stereocenters. The number of benzene rings is 1. The van der Waals surface area contributed by atoms with Gasteiger partial charge in [-0.1, -0.05) is 0 Å². The van der Waals surface area contributed by atoms with Gasteiger partial charge in [-0.3, -0.25) is 0 Å². The number of rotatable bonds is 5. The number of likely N-dealkylation sites (N-methyl/N-ethyl adjacent to an activating group) is 1. The predicted octanol–water partition coefficient (Wildman–Crippen LogP) is 2.29. The number of nitrogens with zero attached hydrogens (tertiary/aromatic N) is 2. The minimum Gasteiger partial charge on any atom is -0.492 e. The molecule has 1 aromatic rings. The van der Waals surface area contributed by atoms with Gasteiger partial charge in [-0.05, 0) is 38.4 Å². The van der Waals surface area contributed by atoms with Gasteiger partial charge in [0.15, 0.2) is 0 Å². The van der Waals surface area contributed by atoms with Gasteiger partial charge in [0.2, 0.25) is 0 Å². The molecule has 76 valence electrons. The Hall–Kier alpha value is -1.42. The van der Waals surface area contributed by atoms with Gasteiger partial charge in [0.05, 0.1) is 5.69 Å². The Labute approximate surface area is 84.0 Å². The van der Waals surface area contributed by atoms with Crippen molar-refractivity contribution in [1.29, 1.82) is 5.53 Å². The summed E-state index contributed by atoms with van der Waals surface area (Å²) in [7, 11) is 4.01. The fourth-order valence-electron chi connectivity index (χ4n) is 0.963. The summed E-state index contributed by atoms with van der Waals surface area (Å²) in [6.07, 6.45) is 0. The van der Waals surface area contributed by atoms with Gasteiger partial charge in [0, 0.05) is 6.54 Å². The van der Waals surface area contributed by atoms with E-state index in [9.17, 15) is 0 Å². The highest BCUT2D eigenvalue weighted by molar-refractivity contribution is 5.40. The van der Waals surface area contributed by atoms with E-state index in [1.807, 2.05) is 26.2 Å². The van der Waals surface area contributed by atoms with Crippen molar-refractivity contribution in [2.24, 2.45) is 5.11 Å². The second-order valence-electron chi connectivity index (χ2n) is 3.26. The fourth-order valence-corrected chi connectivity index (χ4v) is 0.963. The third-order valence-electron chi connectivity index (χ3n) is 1.77. The third-order valence-corrected chi connectivity index (χ3v) is 1.77. The highest BCUT2D eigenvalue weighted by atomic mass is 16.5. The standard InChI is InChI=1S/C10H15N3O/c1-13(2)7-8-14-10-5-3-9(12-11)4-6-10/h3-6,11H,7-8H2,1-2H3. The zero-order valence-corrected chi connectivity index (χ0v) is 8.53. The first-order valence-electron chi connectivity index (χ1n) is 4.47. The molecular formula is C10H15N3O. The molecule has 0 unspecified atom stereocenters. The molecule has 0 aliphatic carbocycles. The molecule has 4 nitrogen and oxygen atoms in total. The molecule has 0 aliphatic rings. The lowest BCUT2D eigenvalue weighted by molar-refractivity contribution is 0.261.